The van der Waals surface area contributed by atoms with Gasteiger partial charge in [0.05, 0.1) is 17.4 Å². The van der Waals surface area contributed by atoms with Gasteiger partial charge in [0.1, 0.15) is 0 Å². The van der Waals surface area contributed by atoms with Crippen molar-refractivity contribution in [3.63, 3.8) is 0 Å². The summed E-state index contributed by atoms with van der Waals surface area (Å²) in [6.07, 6.45) is 5.76. The summed E-state index contributed by atoms with van der Waals surface area (Å²) in [6.45, 7) is 7.87. The molecule has 21 heavy (non-hydrogen) atoms. The van der Waals surface area contributed by atoms with Crippen LogP contribution in [0.15, 0.2) is 30.6 Å². The van der Waals surface area contributed by atoms with E-state index in [0.29, 0.717) is 17.4 Å². The predicted octanol–water partition coefficient (Wildman–Crippen LogP) is 4.00. The fourth-order valence-corrected chi connectivity index (χ4v) is 3.85. The normalized spacial score (nSPS) is 27.1. The Labute approximate surface area is 127 Å². The first-order chi connectivity index (χ1) is 10.0. The first-order valence-electron chi connectivity index (χ1n) is 8.12. The highest BCUT2D eigenvalue weighted by atomic mass is 15.1. The molecule has 1 fully saturated rings. The molecule has 3 nitrogen and oxygen atoms in total. The largest absolute Gasteiger partial charge is 0.330 e. The molecule has 0 spiro atoms. The highest BCUT2D eigenvalue weighted by Gasteiger charge is 2.36. The summed E-state index contributed by atoms with van der Waals surface area (Å²) in [5.74, 6) is 1.33. The van der Waals surface area contributed by atoms with Crippen molar-refractivity contribution in [3.05, 3.63) is 30.6 Å². The fraction of sp³-hybridized carbons (Fsp3) is 0.611. The highest BCUT2D eigenvalue weighted by Crippen LogP contribution is 2.45. The Kier molecular flexibility index (Phi) is 3.78. The molecule has 3 atom stereocenters. The Hall–Kier alpha value is -1.35. The van der Waals surface area contributed by atoms with Crippen LogP contribution < -0.4 is 5.73 Å². The van der Waals surface area contributed by atoms with Gasteiger partial charge in [-0.2, -0.15) is 0 Å². The van der Waals surface area contributed by atoms with Crippen molar-refractivity contribution >= 4 is 11.0 Å². The molecule has 0 saturated heterocycles. The van der Waals surface area contributed by atoms with Crippen molar-refractivity contribution < 1.29 is 0 Å². The predicted molar refractivity (Wildman–Crippen MR) is 88.1 cm³/mol. The van der Waals surface area contributed by atoms with Gasteiger partial charge in [0.2, 0.25) is 0 Å². The molecule has 3 rings (SSSR count). The molecule has 2 aromatic rings. The van der Waals surface area contributed by atoms with Crippen molar-refractivity contribution in [2.24, 2.45) is 23.0 Å². The standard InChI is InChI=1S/C18H27N3/c1-18(2,3)14-9-8-13(11-19)17(10-14)21-12-20-15-6-4-5-7-16(15)21/h4-7,12-14,17H,8-11,19H2,1-3H3. The maximum atomic E-state index is 6.06. The molecule has 2 N–H and O–H groups in total. The summed E-state index contributed by atoms with van der Waals surface area (Å²) in [5.41, 5.74) is 8.77. The molecule has 1 aliphatic carbocycles. The van der Waals surface area contributed by atoms with Crippen LogP contribution in [0.25, 0.3) is 11.0 Å². The quantitative estimate of drug-likeness (QED) is 0.906. The van der Waals surface area contributed by atoms with Crippen molar-refractivity contribution in [2.45, 2.75) is 46.1 Å². The molecule has 1 aliphatic rings. The number of benzene rings is 1. The third-order valence-electron chi connectivity index (χ3n) is 5.32. The minimum absolute atomic E-state index is 0.369. The SMILES string of the molecule is CC(C)(C)C1CCC(CN)C(n2cnc3ccccc32)C1. The average Bonchev–Trinajstić information content (AvgIpc) is 2.89. The summed E-state index contributed by atoms with van der Waals surface area (Å²) < 4.78 is 2.38. The Morgan fingerprint density at radius 2 is 2.00 bits per heavy atom. The summed E-state index contributed by atoms with van der Waals surface area (Å²) in [7, 11) is 0. The van der Waals surface area contributed by atoms with E-state index in [2.05, 4.69) is 54.6 Å². The molecule has 3 heteroatoms. The van der Waals surface area contributed by atoms with Gasteiger partial charge in [-0.1, -0.05) is 32.9 Å². The molecule has 0 amide bonds. The van der Waals surface area contributed by atoms with E-state index in [1.54, 1.807) is 0 Å². The second-order valence-corrected chi connectivity index (χ2v) is 7.58. The van der Waals surface area contributed by atoms with E-state index in [1.807, 2.05) is 6.33 Å². The topological polar surface area (TPSA) is 43.8 Å². The van der Waals surface area contributed by atoms with Gasteiger partial charge >= 0.3 is 0 Å². The van der Waals surface area contributed by atoms with E-state index >= 15 is 0 Å². The molecule has 1 aromatic heterocycles. The fourth-order valence-electron chi connectivity index (χ4n) is 3.85. The molecular formula is C18H27N3. The Bertz CT molecular complexity index is 608. The van der Waals surface area contributed by atoms with E-state index in [0.717, 1.165) is 18.0 Å². The number of fused-ring (bicyclic) bond motifs is 1. The van der Waals surface area contributed by atoms with Crippen LogP contribution in [-0.2, 0) is 0 Å². The maximum Gasteiger partial charge on any atom is 0.0961 e. The van der Waals surface area contributed by atoms with Crippen LogP contribution in [0.2, 0.25) is 0 Å². The zero-order valence-electron chi connectivity index (χ0n) is 13.4. The second-order valence-electron chi connectivity index (χ2n) is 7.58. The van der Waals surface area contributed by atoms with Gasteiger partial charge in [0.15, 0.2) is 0 Å². The summed E-state index contributed by atoms with van der Waals surface area (Å²) >= 11 is 0. The van der Waals surface area contributed by atoms with Gasteiger partial charge in [-0.15, -0.1) is 0 Å². The van der Waals surface area contributed by atoms with Crippen molar-refractivity contribution in [1.29, 1.82) is 0 Å². The van der Waals surface area contributed by atoms with Crippen LogP contribution in [0.5, 0.6) is 0 Å². The molecule has 0 radical (unpaired) electrons. The summed E-state index contributed by atoms with van der Waals surface area (Å²) in [4.78, 5) is 4.57. The van der Waals surface area contributed by atoms with Crippen LogP contribution in [0.3, 0.4) is 0 Å². The van der Waals surface area contributed by atoms with Gasteiger partial charge in [0, 0.05) is 6.04 Å². The van der Waals surface area contributed by atoms with Gasteiger partial charge in [-0.25, -0.2) is 4.98 Å². The molecule has 0 bridgehead atoms. The van der Waals surface area contributed by atoms with E-state index in [1.165, 1.54) is 24.8 Å². The third kappa shape index (κ3) is 2.71. The lowest BCUT2D eigenvalue weighted by atomic mass is 9.68. The minimum atomic E-state index is 0.369. The lowest BCUT2D eigenvalue weighted by Gasteiger charge is -2.42. The summed E-state index contributed by atoms with van der Waals surface area (Å²) in [5, 5.41) is 0. The van der Waals surface area contributed by atoms with E-state index < -0.39 is 0 Å². The number of para-hydroxylation sites is 2. The van der Waals surface area contributed by atoms with Gasteiger partial charge in [-0.05, 0) is 55.2 Å². The third-order valence-corrected chi connectivity index (χ3v) is 5.32. The minimum Gasteiger partial charge on any atom is -0.330 e. The first kappa shape index (κ1) is 14.6. The number of nitrogens with zero attached hydrogens (tertiary/aromatic N) is 2. The molecular weight excluding hydrogens is 258 g/mol. The Balaban J connectivity index is 1.96. The van der Waals surface area contributed by atoms with Gasteiger partial charge in [0.25, 0.3) is 0 Å². The number of hydrogen-bond acceptors (Lipinski definition) is 2. The van der Waals surface area contributed by atoms with E-state index in [-0.39, 0.29) is 0 Å². The lowest BCUT2D eigenvalue weighted by Crippen LogP contribution is -2.36. The Morgan fingerprint density at radius 1 is 1.24 bits per heavy atom. The number of rotatable bonds is 2. The van der Waals surface area contributed by atoms with Gasteiger partial charge < -0.3 is 10.3 Å². The van der Waals surface area contributed by atoms with Crippen molar-refractivity contribution in [1.82, 2.24) is 9.55 Å². The smallest absolute Gasteiger partial charge is 0.0961 e. The molecule has 114 valence electrons. The summed E-state index contributed by atoms with van der Waals surface area (Å²) in [6, 6.07) is 8.91. The van der Waals surface area contributed by atoms with E-state index in [9.17, 15) is 0 Å². The van der Waals surface area contributed by atoms with Crippen molar-refractivity contribution in [2.75, 3.05) is 6.54 Å². The molecule has 1 saturated carbocycles. The number of imidazole rings is 1. The number of aromatic nitrogens is 2. The van der Waals surface area contributed by atoms with Crippen LogP contribution in [0, 0.1) is 17.3 Å². The second kappa shape index (κ2) is 5.45. The van der Waals surface area contributed by atoms with Crippen LogP contribution in [-0.4, -0.2) is 16.1 Å². The van der Waals surface area contributed by atoms with Crippen molar-refractivity contribution in [3.8, 4) is 0 Å². The zero-order valence-corrected chi connectivity index (χ0v) is 13.4. The Morgan fingerprint density at radius 3 is 2.71 bits per heavy atom. The molecule has 3 unspecified atom stereocenters. The molecule has 0 aliphatic heterocycles. The highest BCUT2D eigenvalue weighted by molar-refractivity contribution is 5.75. The monoisotopic (exact) mass is 285 g/mol. The number of nitrogens with two attached hydrogens (primary N) is 1. The number of hydrogen-bond donors (Lipinski definition) is 1. The van der Waals surface area contributed by atoms with Crippen LogP contribution >= 0.6 is 0 Å². The maximum absolute atomic E-state index is 6.06. The first-order valence-corrected chi connectivity index (χ1v) is 8.12. The molecule has 1 aromatic carbocycles. The lowest BCUT2D eigenvalue weighted by molar-refractivity contribution is 0.107. The van der Waals surface area contributed by atoms with E-state index in [4.69, 9.17) is 5.73 Å². The average molecular weight is 285 g/mol. The molecule has 1 heterocycles. The van der Waals surface area contributed by atoms with Crippen LogP contribution in [0.1, 0.15) is 46.1 Å². The zero-order chi connectivity index (χ0) is 15.0. The van der Waals surface area contributed by atoms with Gasteiger partial charge in [-0.3, -0.25) is 0 Å². The van der Waals surface area contributed by atoms with Crippen LogP contribution in [0.4, 0.5) is 0 Å².